The van der Waals surface area contributed by atoms with Crippen LogP contribution < -0.4 is 14.2 Å². The fourth-order valence-corrected chi connectivity index (χ4v) is 3.86. The van der Waals surface area contributed by atoms with Crippen molar-refractivity contribution in [1.29, 1.82) is 0 Å². The minimum absolute atomic E-state index is 0.285. The lowest BCUT2D eigenvalue weighted by Gasteiger charge is -2.07. The smallest absolute Gasteiger partial charge is 0.231 e. The molecule has 5 heteroatoms. The Balaban J connectivity index is 1.30. The lowest BCUT2D eigenvalue weighted by molar-refractivity contribution is 0.174. The van der Waals surface area contributed by atoms with Crippen LogP contribution in [-0.2, 0) is 6.61 Å². The van der Waals surface area contributed by atoms with Crippen molar-refractivity contribution < 1.29 is 14.2 Å². The molecule has 4 aromatic rings. The first-order valence-corrected chi connectivity index (χ1v) is 9.14. The zero-order valence-electron chi connectivity index (χ0n) is 13.8. The van der Waals surface area contributed by atoms with Crippen LogP contribution in [0.15, 0.2) is 66.7 Å². The minimum Gasteiger partial charge on any atom is -0.489 e. The molecule has 1 aliphatic heterocycles. The summed E-state index contributed by atoms with van der Waals surface area (Å²) in [7, 11) is 0. The summed E-state index contributed by atoms with van der Waals surface area (Å²) in [5, 5.41) is 1.02. The van der Waals surface area contributed by atoms with Crippen molar-refractivity contribution in [2.24, 2.45) is 0 Å². The first-order chi connectivity index (χ1) is 12.8. The van der Waals surface area contributed by atoms with Crippen molar-refractivity contribution in [1.82, 2.24) is 4.98 Å². The molecule has 0 saturated heterocycles. The van der Waals surface area contributed by atoms with E-state index in [4.69, 9.17) is 19.2 Å². The van der Waals surface area contributed by atoms with Crippen LogP contribution in [0.25, 0.3) is 20.8 Å². The molecular formula is C21H15NO3S. The second kappa shape index (κ2) is 6.35. The molecule has 5 rings (SSSR count). The molecule has 128 valence electrons. The standard InChI is InChI=1S/C21H15NO3S/c1-2-4-20-17(3-1)22-21(26-20)15-6-8-16(9-7-15)23-12-14-5-10-18-19(11-14)25-13-24-18/h1-11H,12-13H2. The number of para-hydroxylation sites is 1. The van der Waals surface area contributed by atoms with Gasteiger partial charge >= 0.3 is 0 Å². The topological polar surface area (TPSA) is 40.6 Å². The van der Waals surface area contributed by atoms with E-state index in [1.54, 1.807) is 11.3 Å². The zero-order chi connectivity index (χ0) is 17.3. The van der Waals surface area contributed by atoms with Gasteiger partial charge in [-0.1, -0.05) is 18.2 Å². The molecular weight excluding hydrogens is 346 g/mol. The second-order valence-electron chi connectivity index (χ2n) is 5.99. The first kappa shape index (κ1) is 15.2. The van der Waals surface area contributed by atoms with E-state index in [1.807, 2.05) is 60.7 Å². The van der Waals surface area contributed by atoms with Crippen molar-refractivity contribution in [3.05, 3.63) is 72.3 Å². The molecule has 0 unspecified atom stereocenters. The largest absolute Gasteiger partial charge is 0.489 e. The Hall–Kier alpha value is -3.05. The Morgan fingerprint density at radius 2 is 1.77 bits per heavy atom. The maximum atomic E-state index is 5.89. The summed E-state index contributed by atoms with van der Waals surface area (Å²) in [6.07, 6.45) is 0. The summed E-state index contributed by atoms with van der Waals surface area (Å²) in [4.78, 5) is 4.69. The van der Waals surface area contributed by atoms with Gasteiger partial charge in [-0.15, -0.1) is 11.3 Å². The van der Waals surface area contributed by atoms with Crippen molar-refractivity contribution in [3.8, 4) is 27.8 Å². The summed E-state index contributed by atoms with van der Waals surface area (Å²) >= 11 is 1.70. The van der Waals surface area contributed by atoms with Gasteiger partial charge in [0, 0.05) is 5.56 Å². The van der Waals surface area contributed by atoms with Crippen LogP contribution in [0.5, 0.6) is 17.2 Å². The van der Waals surface area contributed by atoms with E-state index in [0.29, 0.717) is 6.61 Å². The van der Waals surface area contributed by atoms with E-state index in [1.165, 1.54) is 4.70 Å². The summed E-state index contributed by atoms with van der Waals surface area (Å²) in [5.41, 5.74) is 3.18. The van der Waals surface area contributed by atoms with Gasteiger partial charge in [0.05, 0.1) is 10.2 Å². The van der Waals surface area contributed by atoms with Crippen molar-refractivity contribution in [3.63, 3.8) is 0 Å². The van der Waals surface area contributed by atoms with E-state index >= 15 is 0 Å². The van der Waals surface area contributed by atoms with Crippen LogP contribution in [0.2, 0.25) is 0 Å². The number of hydrogen-bond acceptors (Lipinski definition) is 5. The third-order valence-electron chi connectivity index (χ3n) is 4.24. The normalized spacial score (nSPS) is 12.5. The van der Waals surface area contributed by atoms with Crippen LogP contribution in [0.3, 0.4) is 0 Å². The van der Waals surface area contributed by atoms with Gasteiger partial charge in [-0.05, 0) is 54.1 Å². The summed E-state index contributed by atoms with van der Waals surface area (Å²) < 4.78 is 17.8. The number of aromatic nitrogens is 1. The predicted molar refractivity (Wildman–Crippen MR) is 102 cm³/mol. The summed E-state index contributed by atoms with van der Waals surface area (Å²) in [6, 6.07) is 22.1. The van der Waals surface area contributed by atoms with Crippen molar-refractivity contribution in [2.75, 3.05) is 6.79 Å². The molecule has 4 nitrogen and oxygen atoms in total. The average Bonchev–Trinajstić information content (AvgIpc) is 3.33. The highest BCUT2D eigenvalue weighted by Gasteiger charge is 2.13. The molecule has 0 bridgehead atoms. The second-order valence-corrected chi connectivity index (χ2v) is 7.02. The van der Waals surface area contributed by atoms with Gasteiger partial charge in [0.15, 0.2) is 11.5 Å². The van der Waals surface area contributed by atoms with Gasteiger partial charge in [0.2, 0.25) is 6.79 Å². The van der Waals surface area contributed by atoms with Gasteiger partial charge in [-0.2, -0.15) is 0 Å². The minimum atomic E-state index is 0.285. The molecule has 0 atom stereocenters. The first-order valence-electron chi connectivity index (χ1n) is 8.32. The van der Waals surface area contributed by atoms with Gasteiger partial charge in [-0.3, -0.25) is 0 Å². The average molecular weight is 361 g/mol. The Morgan fingerprint density at radius 3 is 2.65 bits per heavy atom. The third kappa shape index (κ3) is 2.86. The monoisotopic (exact) mass is 361 g/mol. The number of benzene rings is 3. The lowest BCUT2D eigenvalue weighted by Crippen LogP contribution is -1.95. The van der Waals surface area contributed by atoms with E-state index in [-0.39, 0.29) is 6.79 Å². The number of hydrogen-bond donors (Lipinski definition) is 0. The maximum Gasteiger partial charge on any atom is 0.231 e. The Labute approximate surface area is 154 Å². The molecule has 1 aromatic heterocycles. The van der Waals surface area contributed by atoms with Gasteiger partial charge in [0.25, 0.3) is 0 Å². The van der Waals surface area contributed by atoms with Crippen LogP contribution in [0, 0.1) is 0 Å². The van der Waals surface area contributed by atoms with Gasteiger partial charge in [-0.25, -0.2) is 4.98 Å². The predicted octanol–water partition coefficient (Wildman–Crippen LogP) is 5.27. The Bertz CT molecular complexity index is 1040. The molecule has 0 radical (unpaired) electrons. The number of thiazole rings is 1. The van der Waals surface area contributed by atoms with Gasteiger partial charge in [0.1, 0.15) is 17.4 Å². The Kier molecular flexibility index (Phi) is 3.72. The molecule has 0 amide bonds. The SMILES string of the molecule is c1ccc2sc(-c3ccc(OCc4ccc5c(c4)OCO5)cc3)nc2c1. The van der Waals surface area contributed by atoms with Gasteiger partial charge < -0.3 is 14.2 Å². The fourth-order valence-electron chi connectivity index (χ4n) is 2.89. The molecule has 0 fully saturated rings. The van der Waals surface area contributed by atoms with E-state index in [0.717, 1.165) is 38.9 Å². The number of rotatable bonds is 4. The highest BCUT2D eigenvalue weighted by molar-refractivity contribution is 7.21. The molecule has 0 N–H and O–H groups in total. The van der Waals surface area contributed by atoms with Crippen LogP contribution in [-0.4, -0.2) is 11.8 Å². The Morgan fingerprint density at radius 1 is 0.923 bits per heavy atom. The molecule has 0 saturated carbocycles. The van der Waals surface area contributed by atoms with E-state index < -0.39 is 0 Å². The number of ether oxygens (including phenoxy) is 3. The molecule has 0 aliphatic carbocycles. The summed E-state index contributed by atoms with van der Waals surface area (Å²) in [5.74, 6) is 2.39. The van der Waals surface area contributed by atoms with Crippen LogP contribution >= 0.6 is 11.3 Å². The summed E-state index contributed by atoms with van der Waals surface area (Å²) in [6.45, 7) is 0.768. The lowest BCUT2D eigenvalue weighted by atomic mass is 10.2. The molecule has 2 heterocycles. The van der Waals surface area contributed by atoms with Crippen molar-refractivity contribution >= 4 is 21.6 Å². The zero-order valence-corrected chi connectivity index (χ0v) is 14.7. The highest BCUT2D eigenvalue weighted by atomic mass is 32.1. The third-order valence-corrected chi connectivity index (χ3v) is 5.32. The molecule has 26 heavy (non-hydrogen) atoms. The highest BCUT2D eigenvalue weighted by Crippen LogP contribution is 2.33. The number of nitrogens with zero attached hydrogens (tertiary/aromatic N) is 1. The maximum absolute atomic E-state index is 5.89. The van der Waals surface area contributed by atoms with Crippen LogP contribution in [0.4, 0.5) is 0 Å². The van der Waals surface area contributed by atoms with Crippen LogP contribution in [0.1, 0.15) is 5.56 Å². The molecule has 3 aromatic carbocycles. The fraction of sp³-hybridized carbons (Fsp3) is 0.0952. The molecule has 0 spiro atoms. The van der Waals surface area contributed by atoms with E-state index in [2.05, 4.69) is 6.07 Å². The quantitative estimate of drug-likeness (QED) is 0.496. The van der Waals surface area contributed by atoms with Crippen molar-refractivity contribution in [2.45, 2.75) is 6.61 Å². The van der Waals surface area contributed by atoms with E-state index in [9.17, 15) is 0 Å². The molecule has 1 aliphatic rings. The number of fused-ring (bicyclic) bond motifs is 2.